The fourth-order valence-electron chi connectivity index (χ4n) is 2.82. The van der Waals surface area contributed by atoms with E-state index in [0.29, 0.717) is 12.0 Å². The van der Waals surface area contributed by atoms with E-state index in [1.54, 1.807) is 0 Å². The topological polar surface area (TPSA) is 24.5 Å². The van der Waals surface area contributed by atoms with Gasteiger partial charge in [-0.15, -0.1) is 0 Å². The van der Waals surface area contributed by atoms with Gasteiger partial charge in [-0.3, -0.25) is 0 Å². The summed E-state index contributed by atoms with van der Waals surface area (Å²) >= 11 is 2.10. The summed E-state index contributed by atoms with van der Waals surface area (Å²) in [7, 11) is 0. The zero-order valence-electron chi connectivity index (χ0n) is 11.0. The minimum atomic E-state index is 0.671. The van der Waals surface area contributed by atoms with E-state index in [1.807, 2.05) is 0 Å². The van der Waals surface area contributed by atoms with E-state index in [-0.39, 0.29) is 0 Å². The zero-order valence-corrected chi connectivity index (χ0v) is 11.8. The molecule has 4 heteroatoms. The fraction of sp³-hybridized carbons (Fsp3) is 1.00. The molecule has 100 valence electrons. The molecule has 0 bridgehead atoms. The summed E-state index contributed by atoms with van der Waals surface area (Å²) in [6.45, 7) is 8.93. The summed E-state index contributed by atoms with van der Waals surface area (Å²) in [5.74, 6) is 3.33. The van der Waals surface area contributed by atoms with Gasteiger partial charge in [0, 0.05) is 37.4 Å². The maximum Gasteiger partial charge on any atom is 0.0521 e. The van der Waals surface area contributed by atoms with Crippen LogP contribution >= 0.6 is 11.8 Å². The van der Waals surface area contributed by atoms with Crippen molar-refractivity contribution in [3.63, 3.8) is 0 Å². The lowest BCUT2D eigenvalue weighted by molar-refractivity contribution is 0.0179. The summed E-state index contributed by atoms with van der Waals surface area (Å²) in [6.07, 6.45) is 2.53. The highest BCUT2D eigenvalue weighted by Crippen LogP contribution is 2.18. The predicted molar refractivity (Wildman–Crippen MR) is 74.8 cm³/mol. The van der Waals surface area contributed by atoms with Gasteiger partial charge in [-0.1, -0.05) is 6.92 Å². The Hall–Kier alpha value is 0.230. The van der Waals surface area contributed by atoms with Crippen LogP contribution in [0.5, 0.6) is 0 Å². The summed E-state index contributed by atoms with van der Waals surface area (Å²) < 4.78 is 5.66. The highest BCUT2D eigenvalue weighted by Gasteiger charge is 2.26. The second-order valence-electron chi connectivity index (χ2n) is 5.05. The third kappa shape index (κ3) is 4.43. The van der Waals surface area contributed by atoms with Crippen molar-refractivity contribution >= 4 is 11.8 Å². The lowest BCUT2D eigenvalue weighted by Crippen LogP contribution is -2.48. The Morgan fingerprint density at radius 3 is 3.18 bits per heavy atom. The van der Waals surface area contributed by atoms with Gasteiger partial charge in [0.25, 0.3) is 0 Å². The van der Waals surface area contributed by atoms with Crippen LogP contribution in [-0.4, -0.2) is 61.8 Å². The van der Waals surface area contributed by atoms with E-state index in [2.05, 4.69) is 28.9 Å². The van der Waals surface area contributed by atoms with Gasteiger partial charge in [0.1, 0.15) is 0 Å². The normalized spacial score (nSPS) is 32.3. The van der Waals surface area contributed by atoms with Gasteiger partial charge in [-0.2, -0.15) is 11.8 Å². The second kappa shape index (κ2) is 7.62. The molecule has 0 aromatic carbocycles. The minimum Gasteiger partial charge on any atom is -0.381 e. The Morgan fingerprint density at radius 1 is 1.35 bits per heavy atom. The molecule has 2 saturated heterocycles. The first-order valence-corrected chi connectivity index (χ1v) is 8.17. The Balaban J connectivity index is 1.81. The van der Waals surface area contributed by atoms with Crippen molar-refractivity contribution in [2.24, 2.45) is 5.92 Å². The molecule has 1 N–H and O–H groups in total. The van der Waals surface area contributed by atoms with Crippen molar-refractivity contribution in [3.8, 4) is 0 Å². The maximum atomic E-state index is 5.66. The number of hydrogen-bond donors (Lipinski definition) is 1. The smallest absolute Gasteiger partial charge is 0.0521 e. The van der Waals surface area contributed by atoms with Gasteiger partial charge < -0.3 is 15.0 Å². The van der Waals surface area contributed by atoms with Crippen molar-refractivity contribution < 1.29 is 4.74 Å². The molecule has 0 aromatic heterocycles. The Labute approximate surface area is 110 Å². The number of nitrogens with zero attached hydrogens (tertiary/aromatic N) is 1. The van der Waals surface area contributed by atoms with Gasteiger partial charge in [0.05, 0.1) is 6.61 Å². The zero-order chi connectivity index (χ0) is 11.9. The van der Waals surface area contributed by atoms with Crippen molar-refractivity contribution in [1.82, 2.24) is 10.2 Å². The van der Waals surface area contributed by atoms with Gasteiger partial charge in [0.2, 0.25) is 0 Å². The second-order valence-corrected chi connectivity index (χ2v) is 6.28. The average Bonchev–Trinajstić information content (AvgIpc) is 2.61. The summed E-state index contributed by atoms with van der Waals surface area (Å²) in [6, 6.07) is 0.671. The van der Waals surface area contributed by atoms with Crippen LogP contribution in [0.3, 0.4) is 0 Å². The van der Waals surface area contributed by atoms with Crippen LogP contribution < -0.4 is 5.32 Å². The van der Waals surface area contributed by atoms with Crippen LogP contribution in [0.15, 0.2) is 0 Å². The van der Waals surface area contributed by atoms with Crippen molar-refractivity contribution in [3.05, 3.63) is 0 Å². The molecule has 0 aliphatic carbocycles. The van der Waals surface area contributed by atoms with Crippen LogP contribution in [0, 0.1) is 5.92 Å². The Morgan fingerprint density at radius 2 is 2.29 bits per heavy atom. The standard InChI is InChI=1S/C13H26N2OS/c1-2-14-13-4-7-16-11-12(13)10-15-5-3-8-17-9-6-15/h12-14H,2-11H2,1H3. The molecule has 2 rings (SSSR count). The molecule has 3 nitrogen and oxygen atoms in total. The predicted octanol–water partition coefficient (Wildman–Crippen LogP) is 1.44. The lowest BCUT2D eigenvalue weighted by atomic mass is 9.95. The van der Waals surface area contributed by atoms with Gasteiger partial charge in [-0.25, -0.2) is 0 Å². The van der Waals surface area contributed by atoms with Crippen molar-refractivity contribution in [2.75, 3.05) is 50.9 Å². The molecule has 0 spiro atoms. The number of nitrogens with one attached hydrogen (secondary N) is 1. The summed E-state index contributed by atoms with van der Waals surface area (Å²) in [4.78, 5) is 2.64. The molecular weight excluding hydrogens is 232 g/mol. The Kier molecular flexibility index (Phi) is 6.12. The maximum absolute atomic E-state index is 5.66. The van der Waals surface area contributed by atoms with E-state index in [4.69, 9.17) is 4.74 Å². The Bertz CT molecular complexity index is 206. The van der Waals surface area contributed by atoms with Crippen LogP contribution in [0.4, 0.5) is 0 Å². The molecule has 2 heterocycles. The molecule has 2 aliphatic heterocycles. The first kappa shape index (κ1) is 13.7. The van der Waals surface area contributed by atoms with E-state index < -0.39 is 0 Å². The van der Waals surface area contributed by atoms with Gasteiger partial charge >= 0.3 is 0 Å². The average molecular weight is 258 g/mol. The summed E-state index contributed by atoms with van der Waals surface area (Å²) in [5, 5.41) is 3.63. The third-order valence-corrected chi connectivity index (χ3v) is 4.80. The van der Waals surface area contributed by atoms with Crippen LogP contribution in [-0.2, 0) is 4.74 Å². The first-order chi connectivity index (χ1) is 8.40. The van der Waals surface area contributed by atoms with E-state index in [1.165, 1.54) is 44.0 Å². The molecule has 0 aromatic rings. The number of ether oxygens (including phenoxy) is 1. The molecule has 2 fully saturated rings. The third-order valence-electron chi connectivity index (χ3n) is 3.75. The first-order valence-electron chi connectivity index (χ1n) is 7.01. The quantitative estimate of drug-likeness (QED) is 0.825. The highest BCUT2D eigenvalue weighted by molar-refractivity contribution is 7.99. The van der Waals surface area contributed by atoms with E-state index in [0.717, 1.165) is 19.8 Å². The minimum absolute atomic E-state index is 0.671. The largest absolute Gasteiger partial charge is 0.381 e. The molecule has 0 radical (unpaired) electrons. The van der Waals surface area contributed by atoms with Crippen LogP contribution in [0.25, 0.3) is 0 Å². The van der Waals surface area contributed by atoms with Crippen LogP contribution in [0.2, 0.25) is 0 Å². The monoisotopic (exact) mass is 258 g/mol. The SMILES string of the molecule is CCNC1CCOCC1CN1CCCSCC1. The molecule has 17 heavy (non-hydrogen) atoms. The lowest BCUT2D eigenvalue weighted by Gasteiger charge is -2.35. The number of hydrogen-bond acceptors (Lipinski definition) is 4. The molecule has 2 atom stereocenters. The van der Waals surface area contributed by atoms with E-state index in [9.17, 15) is 0 Å². The van der Waals surface area contributed by atoms with Crippen molar-refractivity contribution in [2.45, 2.75) is 25.8 Å². The molecule has 2 aliphatic rings. The van der Waals surface area contributed by atoms with E-state index >= 15 is 0 Å². The summed E-state index contributed by atoms with van der Waals surface area (Å²) in [5.41, 5.74) is 0. The van der Waals surface area contributed by atoms with Gasteiger partial charge in [0.15, 0.2) is 0 Å². The molecule has 2 unspecified atom stereocenters. The highest BCUT2D eigenvalue weighted by atomic mass is 32.2. The molecule has 0 saturated carbocycles. The fourth-order valence-corrected chi connectivity index (χ4v) is 3.74. The molecular formula is C13H26N2OS. The number of rotatable bonds is 4. The van der Waals surface area contributed by atoms with Crippen LogP contribution in [0.1, 0.15) is 19.8 Å². The van der Waals surface area contributed by atoms with Crippen molar-refractivity contribution in [1.29, 1.82) is 0 Å². The molecule has 0 amide bonds. The number of thioether (sulfide) groups is 1. The van der Waals surface area contributed by atoms with Gasteiger partial charge in [-0.05, 0) is 31.7 Å².